The van der Waals surface area contributed by atoms with Crippen LogP contribution in [0.15, 0.2) is 0 Å². The van der Waals surface area contributed by atoms with Crippen LogP contribution in [0.5, 0.6) is 0 Å². The zero-order chi connectivity index (χ0) is 8.74. The van der Waals surface area contributed by atoms with Gasteiger partial charge < -0.3 is 4.74 Å². The van der Waals surface area contributed by atoms with Gasteiger partial charge in [-0.05, 0) is 18.3 Å². The number of rotatable bonds is 0. The fraction of sp³-hybridized carbons (Fsp3) is 0.800. The molecule has 2 bridgehead atoms. The first-order valence-corrected chi connectivity index (χ1v) is 4.98. The number of carbonyl (C=O) groups excluding carboxylic acids is 2. The summed E-state index contributed by atoms with van der Waals surface area (Å²) in [5, 5.41) is 0. The van der Waals surface area contributed by atoms with Crippen molar-refractivity contribution in [2.45, 2.75) is 25.0 Å². The zero-order valence-electron chi connectivity index (χ0n) is 7.10. The number of hydrogen-bond acceptors (Lipinski definition) is 3. The molecule has 1 heterocycles. The number of ether oxygens (including phenoxy) is 1. The average molecular weight is 178 g/mol. The van der Waals surface area contributed by atoms with Crippen molar-refractivity contribution < 1.29 is 14.3 Å². The lowest BCUT2D eigenvalue weighted by Crippen LogP contribution is -2.29. The van der Waals surface area contributed by atoms with E-state index >= 15 is 0 Å². The van der Waals surface area contributed by atoms with Gasteiger partial charge in [-0.15, -0.1) is 0 Å². The number of hydrogen-bond donors (Lipinski definition) is 0. The van der Waals surface area contributed by atoms with Crippen molar-refractivity contribution in [1.29, 1.82) is 0 Å². The number of Topliss-reactive ketones (excluding diaryl/α,β-unsaturated/α-hetero) is 2. The molecule has 0 radical (unpaired) electrons. The molecular weight excluding hydrogens is 168 g/mol. The van der Waals surface area contributed by atoms with E-state index in [2.05, 4.69) is 0 Å². The van der Waals surface area contributed by atoms with E-state index in [1.165, 1.54) is 0 Å². The van der Waals surface area contributed by atoms with E-state index in [0.29, 0.717) is 24.0 Å². The molecule has 1 aliphatic heterocycles. The second kappa shape index (κ2) is 1.73. The molecule has 3 nitrogen and oxygen atoms in total. The van der Waals surface area contributed by atoms with E-state index in [4.69, 9.17) is 4.74 Å². The van der Waals surface area contributed by atoms with Crippen LogP contribution in [0.4, 0.5) is 0 Å². The molecule has 1 saturated heterocycles. The van der Waals surface area contributed by atoms with Gasteiger partial charge in [-0.3, -0.25) is 9.59 Å². The Balaban J connectivity index is 1.84. The number of carbonyl (C=O) groups is 2. The minimum atomic E-state index is 0.0567. The first-order valence-electron chi connectivity index (χ1n) is 4.98. The lowest BCUT2D eigenvalue weighted by molar-refractivity contribution is -0.123. The van der Waals surface area contributed by atoms with Crippen LogP contribution >= 0.6 is 0 Å². The second-order valence-corrected chi connectivity index (χ2v) is 4.79. The molecule has 4 fully saturated rings. The van der Waals surface area contributed by atoms with Crippen molar-refractivity contribution in [3.05, 3.63) is 0 Å². The Labute approximate surface area is 75.4 Å². The smallest absolute Gasteiger partial charge is 0.144 e. The molecular formula is C10H10O3. The van der Waals surface area contributed by atoms with E-state index in [9.17, 15) is 9.59 Å². The van der Waals surface area contributed by atoms with Gasteiger partial charge in [0.2, 0.25) is 0 Å². The predicted molar refractivity (Wildman–Crippen MR) is 41.9 cm³/mol. The molecule has 6 unspecified atom stereocenters. The Morgan fingerprint density at radius 2 is 1.54 bits per heavy atom. The number of ketones is 2. The molecule has 0 aromatic rings. The van der Waals surface area contributed by atoms with Crippen LogP contribution in [-0.4, -0.2) is 23.8 Å². The summed E-state index contributed by atoms with van der Waals surface area (Å²) in [4.78, 5) is 23.1. The molecule has 0 aromatic heterocycles. The van der Waals surface area contributed by atoms with E-state index in [0.717, 1.165) is 6.42 Å². The van der Waals surface area contributed by atoms with Gasteiger partial charge in [0.25, 0.3) is 0 Å². The van der Waals surface area contributed by atoms with Gasteiger partial charge in [0.05, 0.1) is 18.6 Å². The lowest BCUT2D eigenvalue weighted by atomic mass is 9.81. The van der Waals surface area contributed by atoms with Crippen molar-refractivity contribution in [2.75, 3.05) is 0 Å². The largest absolute Gasteiger partial charge is 0.369 e. The van der Waals surface area contributed by atoms with E-state index < -0.39 is 0 Å². The number of epoxide rings is 1. The number of fused-ring (bicyclic) bond motifs is 8. The summed E-state index contributed by atoms with van der Waals surface area (Å²) >= 11 is 0. The highest BCUT2D eigenvalue weighted by molar-refractivity contribution is 6.09. The van der Waals surface area contributed by atoms with Gasteiger partial charge in [-0.1, -0.05) is 0 Å². The highest BCUT2D eigenvalue weighted by atomic mass is 16.6. The monoisotopic (exact) mass is 178 g/mol. The van der Waals surface area contributed by atoms with Crippen molar-refractivity contribution in [3.8, 4) is 0 Å². The fourth-order valence-electron chi connectivity index (χ4n) is 3.93. The topological polar surface area (TPSA) is 46.7 Å². The summed E-state index contributed by atoms with van der Waals surface area (Å²) in [6.45, 7) is 0. The van der Waals surface area contributed by atoms with Crippen molar-refractivity contribution in [2.24, 2.45) is 23.7 Å². The van der Waals surface area contributed by atoms with Gasteiger partial charge in [-0.25, -0.2) is 0 Å². The molecule has 4 aliphatic rings. The molecule has 0 N–H and O–H groups in total. The van der Waals surface area contributed by atoms with Crippen LogP contribution in [0.1, 0.15) is 12.8 Å². The van der Waals surface area contributed by atoms with Crippen LogP contribution < -0.4 is 0 Å². The maximum absolute atomic E-state index is 11.5. The molecule has 0 amide bonds. The molecule has 0 spiro atoms. The molecule has 68 valence electrons. The first kappa shape index (κ1) is 6.71. The summed E-state index contributed by atoms with van der Waals surface area (Å²) in [5.41, 5.74) is 0. The van der Waals surface area contributed by atoms with Crippen molar-refractivity contribution in [3.63, 3.8) is 0 Å². The minimum Gasteiger partial charge on any atom is -0.369 e. The van der Waals surface area contributed by atoms with Crippen LogP contribution in [0.3, 0.4) is 0 Å². The summed E-state index contributed by atoms with van der Waals surface area (Å²) in [6.07, 6.45) is 1.98. The quantitative estimate of drug-likeness (QED) is 0.392. The molecule has 0 aromatic carbocycles. The van der Waals surface area contributed by atoms with Gasteiger partial charge in [0.1, 0.15) is 11.6 Å². The lowest BCUT2D eigenvalue weighted by Gasteiger charge is -2.17. The third-order valence-electron chi connectivity index (χ3n) is 4.35. The SMILES string of the molecule is O=C1CC(=O)C2C3CC(C4OC34)C12. The van der Waals surface area contributed by atoms with Crippen LogP contribution in [-0.2, 0) is 14.3 Å². The third kappa shape index (κ3) is 0.573. The Bertz CT molecular complexity index is 305. The van der Waals surface area contributed by atoms with Crippen LogP contribution in [0, 0.1) is 23.7 Å². The average Bonchev–Trinajstić information content (AvgIpc) is 2.58. The zero-order valence-corrected chi connectivity index (χ0v) is 7.10. The summed E-state index contributed by atoms with van der Waals surface area (Å²) in [7, 11) is 0. The van der Waals surface area contributed by atoms with Gasteiger partial charge in [0, 0.05) is 11.8 Å². The Morgan fingerprint density at radius 3 is 2.08 bits per heavy atom. The van der Waals surface area contributed by atoms with Crippen LogP contribution in [0.2, 0.25) is 0 Å². The Kier molecular flexibility index (Phi) is 0.894. The molecule has 13 heavy (non-hydrogen) atoms. The van der Waals surface area contributed by atoms with Crippen molar-refractivity contribution in [1.82, 2.24) is 0 Å². The third-order valence-corrected chi connectivity index (χ3v) is 4.35. The highest BCUT2D eigenvalue weighted by Crippen LogP contribution is 2.63. The standard InChI is InChI=1S/C10H10O3/c11-5-2-6(12)8-4-1-3(7(5)8)9-10(4)13-9/h3-4,7-10H,1-2H2. The van der Waals surface area contributed by atoms with E-state index in [1.807, 2.05) is 0 Å². The molecule has 3 heteroatoms. The molecule has 4 rings (SSSR count). The van der Waals surface area contributed by atoms with E-state index in [1.54, 1.807) is 0 Å². The Hall–Kier alpha value is -0.700. The molecule has 6 atom stereocenters. The molecule has 3 saturated carbocycles. The van der Waals surface area contributed by atoms with E-state index in [-0.39, 0.29) is 29.8 Å². The molecule has 3 aliphatic carbocycles. The summed E-state index contributed by atoms with van der Waals surface area (Å²) in [5.74, 6) is 1.30. The maximum Gasteiger partial charge on any atom is 0.144 e. The summed E-state index contributed by atoms with van der Waals surface area (Å²) < 4.78 is 5.47. The van der Waals surface area contributed by atoms with Gasteiger partial charge in [0.15, 0.2) is 0 Å². The van der Waals surface area contributed by atoms with Gasteiger partial charge in [-0.2, -0.15) is 0 Å². The first-order chi connectivity index (χ1) is 6.27. The second-order valence-electron chi connectivity index (χ2n) is 4.79. The fourth-order valence-corrected chi connectivity index (χ4v) is 3.93. The normalized spacial score (nSPS) is 61.2. The van der Waals surface area contributed by atoms with Crippen molar-refractivity contribution >= 4 is 11.6 Å². The predicted octanol–water partition coefficient (Wildman–Crippen LogP) is 0.178. The maximum atomic E-state index is 11.5. The highest BCUT2D eigenvalue weighted by Gasteiger charge is 2.71. The summed E-state index contributed by atoms with van der Waals surface area (Å²) in [6, 6.07) is 0. The minimum absolute atomic E-state index is 0.0567. The van der Waals surface area contributed by atoms with Gasteiger partial charge >= 0.3 is 0 Å². The Morgan fingerprint density at radius 1 is 1.00 bits per heavy atom. The van der Waals surface area contributed by atoms with Crippen LogP contribution in [0.25, 0.3) is 0 Å².